The molecule has 0 spiro atoms. The highest BCUT2D eigenvalue weighted by Gasteiger charge is 2.09. The van der Waals surface area contributed by atoms with Crippen LogP contribution >= 0.6 is 0 Å². The highest BCUT2D eigenvalue weighted by atomic mass is 14.9. The molecule has 0 heterocycles. The fraction of sp³-hybridized carbons (Fsp3) is 0.625. The first-order chi connectivity index (χ1) is 8.27. The second kappa shape index (κ2) is 8.30. The summed E-state index contributed by atoms with van der Waals surface area (Å²) in [5, 5.41) is 3.44. The Morgan fingerprint density at radius 3 is 2.94 bits per heavy atom. The molecule has 0 aromatic carbocycles. The lowest BCUT2D eigenvalue weighted by Gasteiger charge is -2.19. The molecule has 1 atom stereocenters. The van der Waals surface area contributed by atoms with E-state index in [2.05, 4.69) is 38.0 Å². The number of hydrogen-bond acceptors (Lipinski definition) is 1. The second-order valence-electron chi connectivity index (χ2n) is 4.97. The lowest BCUT2D eigenvalue weighted by molar-refractivity contribution is 0.472. The molecule has 1 aliphatic rings. The monoisotopic (exact) mass is 233 g/mol. The summed E-state index contributed by atoms with van der Waals surface area (Å²) in [7, 11) is 2.08. The van der Waals surface area contributed by atoms with Crippen molar-refractivity contribution in [2.45, 2.75) is 57.9 Å². The summed E-state index contributed by atoms with van der Waals surface area (Å²) < 4.78 is 0. The van der Waals surface area contributed by atoms with E-state index in [9.17, 15) is 0 Å². The van der Waals surface area contributed by atoms with Crippen LogP contribution in [0.5, 0.6) is 0 Å². The van der Waals surface area contributed by atoms with Gasteiger partial charge in [-0.2, -0.15) is 0 Å². The molecule has 1 aliphatic carbocycles. The lowest BCUT2D eigenvalue weighted by Crippen LogP contribution is -2.25. The summed E-state index contributed by atoms with van der Waals surface area (Å²) in [6.07, 6.45) is 15.3. The number of rotatable bonds is 8. The molecule has 0 amide bonds. The maximum atomic E-state index is 3.78. The highest BCUT2D eigenvalue weighted by Crippen LogP contribution is 2.24. The Morgan fingerprint density at radius 1 is 1.47 bits per heavy atom. The van der Waals surface area contributed by atoms with Gasteiger partial charge in [-0.25, -0.2) is 0 Å². The molecular formula is C16H27N. The lowest BCUT2D eigenvalue weighted by atomic mass is 9.92. The van der Waals surface area contributed by atoms with Crippen molar-refractivity contribution in [2.24, 2.45) is 0 Å². The Kier molecular flexibility index (Phi) is 6.95. The van der Waals surface area contributed by atoms with Gasteiger partial charge < -0.3 is 5.32 Å². The van der Waals surface area contributed by atoms with Gasteiger partial charge in [0.05, 0.1) is 0 Å². The van der Waals surface area contributed by atoms with Gasteiger partial charge in [-0.15, -0.1) is 6.58 Å². The normalized spacial score (nSPS) is 17.3. The average Bonchev–Trinajstić information content (AvgIpc) is 2.35. The van der Waals surface area contributed by atoms with Gasteiger partial charge in [0, 0.05) is 6.04 Å². The third-order valence-electron chi connectivity index (χ3n) is 3.70. The zero-order valence-corrected chi connectivity index (χ0v) is 11.5. The van der Waals surface area contributed by atoms with Gasteiger partial charge in [0.15, 0.2) is 0 Å². The summed E-state index contributed by atoms with van der Waals surface area (Å²) in [4.78, 5) is 0. The first-order valence-corrected chi connectivity index (χ1v) is 6.91. The molecule has 0 saturated heterocycles. The Morgan fingerprint density at radius 2 is 2.29 bits per heavy atom. The summed E-state index contributed by atoms with van der Waals surface area (Å²) in [6.45, 7) is 6.02. The summed E-state index contributed by atoms with van der Waals surface area (Å²) in [5.74, 6) is 0. The number of unbranched alkanes of at least 4 members (excludes halogenated alkanes) is 1. The molecule has 0 radical (unpaired) electrons. The van der Waals surface area contributed by atoms with Crippen LogP contribution in [0.25, 0.3) is 0 Å². The van der Waals surface area contributed by atoms with Crippen LogP contribution in [0, 0.1) is 0 Å². The van der Waals surface area contributed by atoms with Crippen molar-refractivity contribution in [3.8, 4) is 0 Å². The van der Waals surface area contributed by atoms with E-state index in [0.29, 0.717) is 6.04 Å². The summed E-state index contributed by atoms with van der Waals surface area (Å²) in [6, 6.07) is 0.668. The van der Waals surface area contributed by atoms with Crippen molar-refractivity contribution >= 4 is 0 Å². The minimum Gasteiger partial charge on any atom is -0.317 e. The van der Waals surface area contributed by atoms with E-state index in [4.69, 9.17) is 0 Å². The van der Waals surface area contributed by atoms with E-state index in [0.717, 1.165) is 6.42 Å². The van der Waals surface area contributed by atoms with E-state index >= 15 is 0 Å². The predicted molar refractivity (Wildman–Crippen MR) is 77.2 cm³/mol. The highest BCUT2D eigenvalue weighted by molar-refractivity contribution is 5.27. The van der Waals surface area contributed by atoms with Crippen LogP contribution in [0.2, 0.25) is 0 Å². The van der Waals surface area contributed by atoms with Crippen LogP contribution in [0.4, 0.5) is 0 Å². The van der Waals surface area contributed by atoms with Gasteiger partial charge in [-0.05, 0) is 58.9 Å². The molecule has 1 nitrogen and oxygen atoms in total. The molecule has 1 heteroatoms. The maximum Gasteiger partial charge on any atom is 0.00672 e. The van der Waals surface area contributed by atoms with E-state index in [-0.39, 0.29) is 0 Å². The SMILES string of the molecule is C=CCCCC(CCC1=C(C)C=CCC1)NC. The third kappa shape index (κ3) is 5.36. The van der Waals surface area contributed by atoms with Crippen molar-refractivity contribution in [3.63, 3.8) is 0 Å². The van der Waals surface area contributed by atoms with Crippen LogP contribution in [-0.4, -0.2) is 13.1 Å². The molecule has 0 aromatic rings. The van der Waals surface area contributed by atoms with Gasteiger partial charge in [0.1, 0.15) is 0 Å². The summed E-state index contributed by atoms with van der Waals surface area (Å²) >= 11 is 0. The van der Waals surface area contributed by atoms with Crippen LogP contribution < -0.4 is 5.32 Å². The fourth-order valence-corrected chi connectivity index (χ4v) is 2.44. The molecule has 96 valence electrons. The standard InChI is InChI=1S/C16H27N/c1-4-5-6-11-16(17-3)13-12-15-10-8-7-9-14(15)2/h4,7,9,16-17H,1,5-6,8,10-13H2,2-3H3. The number of allylic oxidation sites excluding steroid dienone is 5. The number of nitrogens with one attached hydrogen (secondary N) is 1. The van der Waals surface area contributed by atoms with Crippen molar-refractivity contribution in [1.82, 2.24) is 5.32 Å². The zero-order chi connectivity index (χ0) is 12.5. The van der Waals surface area contributed by atoms with Crippen molar-refractivity contribution in [2.75, 3.05) is 7.05 Å². The molecule has 0 aliphatic heterocycles. The first kappa shape index (κ1) is 14.2. The molecular weight excluding hydrogens is 206 g/mol. The molecule has 1 N–H and O–H groups in total. The Hall–Kier alpha value is -0.820. The van der Waals surface area contributed by atoms with Crippen LogP contribution in [-0.2, 0) is 0 Å². The Labute approximate surface area is 107 Å². The molecule has 0 fully saturated rings. The molecule has 17 heavy (non-hydrogen) atoms. The fourth-order valence-electron chi connectivity index (χ4n) is 2.44. The summed E-state index contributed by atoms with van der Waals surface area (Å²) in [5.41, 5.74) is 3.16. The van der Waals surface area contributed by atoms with Crippen LogP contribution in [0.3, 0.4) is 0 Å². The smallest absolute Gasteiger partial charge is 0.00672 e. The predicted octanol–water partition coefficient (Wildman–Crippen LogP) is 4.38. The quantitative estimate of drug-likeness (QED) is 0.484. The zero-order valence-electron chi connectivity index (χ0n) is 11.5. The third-order valence-corrected chi connectivity index (χ3v) is 3.70. The van der Waals surface area contributed by atoms with Crippen LogP contribution in [0.1, 0.15) is 51.9 Å². The first-order valence-electron chi connectivity index (χ1n) is 6.91. The Balaban J connectivity index is 2.31. The average molecular weight is 233 g/mol. The van der Waals surface area contributed by atoms with Crippen molar-refractivity contribution in [3.05, 3.63) is 36.0 Å². The molecule has 1 unspecified atom stereocenters. The van der Waals surface area contributed by atoms with Crippen molar-refractivity contribution < 1.29 is 0 Å². The van der Waals surface area contributed by atoms with Gasteiger partial charge in [0.25, 0.3) is 0 Å². The van der Waals surface area contributed by atoms with E-state index in [1.54, 1.807) is 5.57 Å². The number of hydrogen-bond donors (Lipinski definition) is 1. The van der Waals surface area contributed by atoms with Gasteiger partial charge >= 0.3 is 0 Å². The van der Waals surface area contributed by atoms with Crippen LogP contribution in [0.15, 0.2) is 36.0 Å². The van der Waals surface area contributed by atoms with E-state index in [1.807, 2.05) is 6.08 Å². The molecule has 0 bridgehead atoms. The second-order valence-corrected chi connectivity index (χ2v) is 4.97. The van der Waals surface area contributed by atoms with Gasteiger partial charge in [0.2, 0.25) is 0 Å². The molecule has 0 aromatic heterocycles. The van der Waals surface area contributed by atoms with Gasteiger partial charge in [-0.1, -0.05) is 29.4 Å². The Bertz CT molecular complexity index is 286. The topological polar surface area (TPSA) is 12.0 Å². The van der Waals surface area contributed by atoms with Gasteiger partial charge in [-0.3, -0.25) is 0 Å². The maximum absolute atomic E-state index is 3.78. The molecule has 0 saturated carbocycles. The van der Waals surface area contributed by atoms with E-state index < -0.39 is 0 Å². The largest absolute Gasteiger partial charge is 0.317 e. The molecule has 1 rings (SSSR count). The van der Waals surface area contributed by atoms with Crippen molar-refractivity contribution in [1.29, 1.82) is 0 Å². The van der Waals surface area contributed by atoms with E-state index in [1.165, 1.54) is 44.1 Å². The minimum absolute atomic E-state index is 0.668. The minimum atomic E-state index is 0.668.